The molecule has 0 aliphatic heterocycles. The Labute approximate surface area is 127 Å². The number of oxime groups is 1. The molecular formula is C12H13BrFN3O4. The first-order valence-corrected chi connectivity index (χ1v) is 6.89. The van der Waals surface area contributed by atoms with E-state index in [4.69, 9.17) is 15.7 Å². The standard InChI is InChI=1S/C12H13BrFN3O4/c13-7-3-9(17(19)20)10(4-8(7)14)21-6-12(1-2-12)5-11(15)16-18/h3-4,18H,1-2,5-6H2,(H2,15,16). The van der Waals surface area contributed by atoms with Crippen molar-refractivity contribution in [2.24, 2.45) is 16.3 Å². The largest absolute Gasteiger partial charge is 0.486 e. The third kappa shape index (κ3) is 3.60. The van der Waals surface area contributed by atoms with Gasteiger partial charge in [-0.05, 0) is 28.8 Å². The van der Waals surface area contributed by atoms with Crippen molar-refractivity contribution in [1.29, 1.82) is 0 Å². The monoisotopic (exact) mass is 361 g/mol. The number of ether oxygens (including phenoxy) is 1. The van der Waals surface area contributed by atoms with Gasteiger partial charge >= 0.3 is 5.69 Å². The summed E-state index contributed by atoms with van der Waals surface area (Å²) in [6.45, 7) is 0.144. The number of halogens is 2. The summed E-state index contributed by atoms with van der Waals surface area (Å²) in [4.78, 5) is 10.3. The molecule has 0 bridgehead atoms. The van der Waals surface area contributed by atoms with Crippen LogP contribution in [0.3, 0.4) is 0 Å². The molecule has 1 aliphatic rings. The number of hydrogen-bond acceptors (Lipinski definition) is 5. The van der Waals surface area contributed by atoms with Gasteiger partial charge in [0.15, 0.2) is 5.75 Å². The molecule has 9 heteroatoms. The van der Waals surface area contributed by atoms with Gasteiger partial charge in [-0.3, -0.25) is 10.1 Å². The number of nitrogens with two attached hydrogens (primary N) is 1. The van der Waals surface area contributed by atoms with Gasteiger partial charge in [0.2, 0.25) is 0 Å². The van der Waals surface area contributed by atoms with Crippen LogP contribution < -0.4 is 10.5 Å². The van der Waals surface area contributed by atoms with Gasteiger partial charge in [0.05, 0.1) is 16.0 Å². The molecular weight excluding hydrogens is 349 g/mol. The minimum Gasteiger partial charge on any atom is -0.486 e. The van der Waals surface area contributed by atoms with Crippen LogP contribution in [0.15, 0.2) is 21.8 Å². The highest BCUT2D eigenvalue weighted by Crippen LogP contribution is 2.49. The molecule has 1 fully saturated rings. The molecule has 0 heterocycles. The molecule has 1 aromatic rings. The first-order valence-electron chi connectivity index (χ1n) is 6.09. The molecule has 0 radical (unpaired) electrons. The lowest BCUT2D eigenvalue weighted by molar-refractivity contribution is -0.386. The smallest absolute Gasteiger partial charge is 0.312 e. The maximum absolute atomic E-state index is 13.5. The van der Waals surface area contributed by atoms with Crippen LogP contribution in [0.4, 0.5) is 10.1 Å². The summed E-state index contributed by atoms with van der Waals surface area (Å²) in [6.07, 6.45) is 1.93. The zero-order valence-corrected chi connectivity index (χ0v) is 12.5. The van der Waals surface area contributed by atoms with E-state index in [2.05, 4.69) is 21.1 Å². The zero-order chi connectivity index (χ0) is 15.6. The van der Waals surface area contributed by atoms with Crippen molar-refractivity contribution in [3.63, 3.8) is 0 Å². The van der Waals surface area contributed by atoms with E-state index in [0.717, 1.165) is 25.0 Å². The molecule has 1 aromatic carbocycles. The molecule has 7 nitrogen and oxygen atoms in total. The van der Waals surface area contributed by atoms with Gasteiger partial charge in [0.1, 0.15) is 11.7 Å². The first kappa shape index (κ1) is 15.5. The Balaban J connectivity index is 2.13. The van der Waals surface area contributed by atoms with Gasteiger partial charge in [-0.15, -0.1) is 0 Å². The minimum atomic E-state index is -0.642. The average Bonchev–Trinajstić information content (AvgIpc) is 3.19. The van der Waals surface area contributed by atoms with Crippen LogP contribution in [0.25, 0.3) is 0 Å². The van der Waals surface area contributed by atoms with Gasteiger partial charge in [0, 0.05) is 24.0 Å². The summed E-state index contributed by atoms with van der Waals surface area (Å²) in [5, 5.41) is 22.4. The molecule has 0 spiro atoms. The molecule has 0 amide bonds. The van der Waals surface area contributed by atoms with Crippen molar-refractivity contribution >= 4 is 27.5 Å². The summed E-state index contributed by atoms with van der Waals surface area (Å²) in [7, 11) is 0. The lowest BCUT2D eigenvalue weighted by atomic mass is 10.0. The van der Waals surface area contributed by atoms with Crippen LogP contribution in [-0.2, 0) is 0 Å². The maximum atomic E-state index is 13.5. The van der Waals surface area contributed by atoms with E-state index in [1.165, 1.54) is 0 Å². The van der Waals surface area contributed by atoms with E-state index in [1.807, 2.05) is 0 Å². The highest BCUT2D eigenvalue weighted by Gasteiger charge is 2.44. The summed E-state index contributed by atoms with van der Waals surface area (Å²) in [6, 6.07) is 2.04. The fraction of sp³-hybridized carbons (Fsp3) is 0.417. The van der Waals surface area contributed by atoms with E-state index in [1.54, 1.807) is 0 Å². The molecule has 0 saturated heterocycles. The Morgan fingerprint density at radius 3 is 2.81 bits per heavy atom. The number of benzene rings is 1. The Bertz CT molecular complexity index is 604. The predicted molar refractivity (Wildman–Crippen MR) is 75.9 cm³/mol. The van der Waals surface area contributed by atoms with E-state index in [0.29, 0.717) is 6.42 Å². The first-order chi connectivity index (χ1) is 9.87. The number of rotatable bonds is 6. The normalized spacial score (nSPS) is 16.6. The van der Waals surface area contributed by atoms with Crippen molar-refractivity contribution < 1.29 is 19.3 Å². The molecule has 2 rings (SSSR count). The third-order valence-electron chi connectivity index (χ3n) is 3.37. The number of amidine groups is 1. The lowest BCUT2D eigenvalue weighted by Crippen LogP contribution is -2.22. The van der Waals surface area contributed by atoms with Crippen molar-refractivity contribution in [2.45, 2.75) is 19.3 Å². The van der Waals surface area contributed by atoms with Crippen molar-refractivity contribution in [3.8, 4) is 5.75 Å². The van der Waals surface area contributed by atoms with E-state index in [-0.39, 0.29) is 33.8 Å². The van der Waals surface area contributed by atoms with Crippen LogP contribution in [-0.4, -0.2) is 22.6 Å². The molecule has 0 atom stereocenters. The number of nitro groups is 1. The molecule has 114 valence electrons. The fourth-order valence-electron chi connectivity index (χ4n) is 1.98. The zero-order valence-electron chi connectivity index (χ0n) is 10.9. The second-order valence-corrected chi connectivity index (χ2v) is 5.90. The van der Waals surface area contributed by atoms with Crippen LogP contribution in [0.2, 0.25) is 0 Å². The summed E-state index contributed by atoms with van der Waals surface area (Å²) < 4.78 is 18.9. The molecule has 3 N–H and O–H groups in total. The average molecular weight is 362 g/mol. The summed E-state index contributed by atoms with van der Waals surface area (Å²) in [5.41, 5.74) is 4.85. The van der Waals surface area contributed by atoms with Crippen molar-refractivity contribution in [2.75, 3.05) is 6.61 Å². The quantitative estimate of drug-likeness (QED) is 0.266. The number of hydrogen-bond donors (Lipinski definition) is 2. The molecule has 0 aromatic heterocycles. The van der Waals surface area contributed by atoms with Gasteiger partial charge < -0.3 is 15.7 Å². The van der Waals surface area contributed by atoms with E-state index < -0.39 is 10.7 Å². The highest BCUT2D eigenvalue weighted by atomic mass is 79.9. The molecule has 0 unspecified atom stereocenters. The van der Waals surface area contributed by atoms with Gasteiger partial charge in [-0.25, -0.2) is 4.39 Å². The number of nitrogens with zero attached hydrogens (tertiary/aromatic N) is 2. The van der Waals surface area contributed by atoms with Crippen LogP contribution in [0.5, 0.6) is 5.75 Å². The fourth-order valence-corrected chi connectivity index (χ4v) is 2.31. The summed E-state index contributed by atoms with van der Waals surface area (Å²) >= 11 is 2.90. The van der Waals surface area contributed by atoms with Gasteiger partial charge in [0.25, 0.3) is 0 Å². The summed E-state index contributed by atoms with van der Waals surface area (Å²) in [5.74, 6) is -0.698. The SMILES string of the molecule is N/C(CC1(COc2cc(F)c(Br)cc2[N+](=O)[O-])CC1)=N/O. The Morgan fingerprint density at radius 1 is 1.62 bits per heavy atom. The van der Waals surface area contributed by atoms with Crippen LogP contribution in [0.1, 0.15) is 19.3 Å². The molecule has 1 aliphatic carbocycles. The minimum absolute atomic E-state index is 0.000608. The number of nitro benzene ring substituents is 1. The Morgan fingerprint density at radius 2 is 2.29 bits per heavy atom. The predicted octanol–water partition coefficient (Wildman–Crippen LogP) is 2.79. The Kier molecular flexibility index (Phi) is 4.31. The topological polar surface area (TPSA) is 111 Å². The highest BCUT2D eigenvalue weighted by molar-refractivity contribution is 9.10. The van der Waals surface area contributed by atoms with Crippen molar-refractivity contribution in [3.05, 3.63) is 32.5 Å². The van der Waals surface area contributed by atoms with Gasteiger partial charge in [-0.1, -0.05) is 5.16 Å². The maximum Gasteiger partial charge on any atom is 0.312 e. The Hall–Kier alpha value is -1.90. The van der Waals surface area contributed by atoms with E-state index in [9.17, 15) is 14.5 Å². The second-order valence-electron chi connectivity index (χ2n) is 5.05. The van der Waals surface area contributed by atoms with Crippen molar-refractivity contribution in [1.82, 2.24) is 0 Å². The second kappa shape index (κ2) is 5.84. The third-order valence-corrected chi connectivity index (χ3v) is 3.98. The van der Waals surface area contributed by atoms with Crippen LogP contribution in [0, 0.1) is 21.3 Å². The van der Waals surface area contributed by atoms with Gasteiger partial charge in [-0.2, -0.15) is 0 Å². The lowest BCUT2D eigenvalue weighted by Gasteiger charge is -2.15. The molecule has 1 saturated carbocycles. The van der Waals surface area contributed by atoms with E-state index >= 15 is 0 Å². The van der Waals surface area contributed by atoms with Crippen LogP contribution >= 0.6 is 15.9 Å². The molecule has 21 heavy (non-hydrogen) atoms.